The molecule has 3 N–H and O–H groups in total. The Kier molecular flexibility index (Phi) is 5.36. The molecule has 3 aromatic heterocycles. The maximum Gasteiger partial charge on any atom is 0.322 e. The molecule has 1 amide bonds. The lowest BCUT2D eigenvalue weighted by Gasteiger charge is -2.11. The monoisotopic (exact) mass is 372 g/mol. The zero-order valence-corrected chi connectivity index (χ0v) is 14.9. The van der Waals surface area contributed by atoms with Crippen LogP contribution in [-0.2, 0) is 14.3 Å². The normalized spacial score (nSPS) is 12.1. The van der Waals surface area contributed by atoms with Gasteiger partial charge in [-0.1, -0.05) is 0 Å². The van der Waals surface area contributed by atoms with Crippen molar-refractivity contribution < 1.29 is 19.4 Å². The summed E-state index contributed by atoms with van der Waals surface area (Å²) in [5, 5.41) is 22.9. The van der Waals surface area contributed by atoms with Crippen molar-refractivity contribution in [3.05, 3.63) is 30.9 Å². The minimum atomic E-state index is -0.965. The fourth-order valence-corrected chi connectivity index (χ4v) is 2.79. The maximum atomic E-state index is 11.0. The van der Waals surface area contributed by atoms with Crippen LogP contribution >= 0.6 is 0 Å². The Morgan fingerprint density at radius 2 is 2.19 bits per heavy atom. The molecule has 0 saturated heterocycles. The second-order valence-corrected chi connectivity index (χ2v) is 5.76. The topological polar surface area (TPSA) is 123 Å². The van der Waals surface area contributed by atoms with Crippen molar-refractivity contribution in [3.8, 4) is 11.1 Å². The first-order valence-corrected chi connectivity index (χ1v) is 8.36. The summed E-state index contributed by atoms with van der Waals surface area (Å²) in [5.41, 5.74) is 3.29. The van der Waals surface area contributed by atoms with Crippen molar-refractivity contribution in [2.24, 2.45) is 0 Å². The Bertz CT molecular complexity index is 964. The molecule has 0 aliphatic carbocycles. The number of ether oxygens (including phenoxy) is 1. The molecular weight excluding hydrogens is 352 g/mol. The van der Waals surface area contributed by atoms with E-state index < -0.39 is 5.97 Å². The minimum Gasteiger partial charge on any atom is -0.480 e. The van der Waals surface area contributed by atoms with Gasteiger partial charge in [-0.2, -0.15) is 10.2 Å². The highest BCUT2D eigenvalue weighted by molar-refractivity contribution is 5.94. The average Bonchev–Trinajstić information content (AvgIpc) is 3.27. The molecule has 3 heterocycles. The van der Waals surface area contributed by atoms with Crippen LogP contribution in [-0.4, -0.2) is 50.0 Å². The Labute approximate surface area is 154 Å². The third-order valence-electron chi connectivity index (χ3n) is 3.97. The number of aromatic nitrogens is 4. The van der Waals surface area contributed by atoms with E-state index in [9.17, 15) is 9.59 Å². The molecule has 0 radical (unpaired) electrons. The van der Waals surface area contributed by atoms with Gasteiger partial charge in [-0.3, -0.25) is 9.59 Å². The molecular formula is C17H20N6O4. The Hall–Kier alpha value is -3.40. The molecule has 142 valence electrons. The van der Waals surface area contributed by atoms with Gasteiger partial charge in [0.2, 0.25) is 6.41 Å². The van der Waals surface area contributed by atoms with Crippen molar-refractivity contribution in [2.45, 2.75) is 20.1 Å². The third kappa shape index (κ3) is 3.90. The van der Waals surface area contributed by atoms with Crippen molar-refractivity contribution in [3.63, 3.8) is 0 Å². The number of carbonyl (C=O) groups is 2. The number of nitrogens with zero attached hydrogens (tertiary/aromatic N) is 4. The number of fused-ring (bicyclic) bond motifs is 1. The van der Waals surface area contributed by atoms with Crippen LogP contribution in [0.1, 0.15) is 20.1 Å². The molecule has 1 atom stereocenters. The zero-order valence-electron chi connectivity index (χ0n) is 14.9. The van der Waals surface area contributed by atoms with Crippen molar-refractivity contribution in [2.75, 3.05) is 23.8 Å². The Morgan fingerprint density at radius 1 is 1.37 bits per heavy atom. The van der Waals surface area contributed by atoms with E-state index in [0.29, 0.717) is 29.9 Å². The molecule has 0 aliphatic rings. The standard InChI is InChI=1S/C17H20N6O4/c1-3-27-11(2)22-8-12(5-20-22)17-14(19-10-24)6-21-23-9-13(4-15(17)23)18-7-16(25)26/h4-6,8-11,18H,3,7H2,1-2H3,(H,19,24)(H,25,26). The lowest BCUT2D eigenvalue weighted by atomic mass is 10.1. The third-order valence-corrected chi connectivity index (χ3v) is 3.97. The van der Waals surface area contributed by atoms with E-state index in [2.05, 4.69) is 20.8 Å². The zero-order chi connectivity index (χ0) is 19.4. The molecule has 27 heavy (non-hydrogen) atoms. The van der Waals surface area contributed by atoms with Crippen LogP contribution in [0.2, 0.25) is 0 Å². The highest BCUT2D eigenvalue weighted by atomic mass is 16.5. The molecule has 3 rings (SSSR count). The number of nitrogens with one attached hydrogen (secondary N) is 2. The maximum absolute atomic E-state index is 11.0. The predicted octanol–water partition coefficient (Wildman–Crippen LogP) is 1.82. The van der Waals surface area contributed by atoms with Gasteiger partial charge in [0.1, 0.15) is 12.8 Å². The van der Waals surface area contributed by atoms with Crippen molar-refractivity contribution >= 4 is 29.3 Å². The smallest absolute Gasteiger partial charge is 0.322 e. The number of aliphatic carboxylic acids is 1. The molecule has 0 fully saturated rings. The molecule has 0 saturated carbocycles. The second kappa shape index (κ2) is 7.87. The van der Waals surface area contributed by atoms with Gasteiger partial charge in [0, 0.05) is 23.9 Å². The van der Waals surface area contributed by atoms with Crippen LogP contribution in [0.5, 0.6) is 0 Å². The van der Waals surface area contributed by atoms with E-state index in [4.69, 9.17) is 9.84 Å². The Morgan fingerprint density at radius 3 is 2.89 bits per heavy atom. The van der Waals surface area contributed by atoms with Crippen LogP contribution in [0.25, 0.3) is 16.6 Å². The van der Waals surface area contributed by atoms with Gasteiger partial charge in [-0.15, -0.1) is 0 Å². The number of anilines is 2. The quantitative estimate of drug-likeness (QED) is 0.490. The number of amides is 1. The molecule has 0 aromatic carbocycles. The number of rotatable bonds is 9. The number of carboxylic acids is 1. The van der Waals surface area contributed by atoms with Gasteiger partial charge >= 0.3 is 5.97 Å². The minimum absolute atomic E-state index is 0.213. The van der Waals surface area contributed by atoms with E-state index in [1.807, 2.05) is 20.0 Å². The largest absolute Gasteiger partial charge is 0.480 e. The van der Waals surface area contributed by atoms with Crippen molar-refractivity contribution in [1.82, 2.24) is 19.4 Å². The fraction of sp³-hybridized carbons (Fsp3) is 0.294. The van der Waals surface area contributed by atoms with Crippen LogP contribution in [0.15, 0.2) is 30.9 Å². The van der Waals surface area contributed by atoms with Gasteiger partial charge in [0.15, 0.2) is 0 Å². The predicted molar refractivity (Wildman–Crippen MR) is 98.6 cm³/mol. The Balaban J connectivity index is 2.06. The lowest BCUT2D eigenvalue weighted by molar-refractivity contribution is -0.134. The van der Waals surface area contributed by atoms with Crippen LogP contribution in [0, 0.1) is 0 Å². The van der Waals surface area contributed by atoms with E-state index in [-0.39, 0.29) is 12.8 Å². The first kappa shape index (κ1) is 18.4. The second-order valence-electron chi connectivity index (χ2n) is 5.76. The van der Waals surface area contributed by atoms with Gasteiger partial charge in [-0.25, -0.2) is 9.20 Å². The molecule has 10 heteroatoms. The van der Waals surface area contributed by atoms with E-state index in [0.717, 1.165) is 11.1 Å². The molecule has 1 unspecified atom stereocenters. The van der Waals surface area contributed by atoms with Gasteiger partial charge in [0.25, 0.3) is 0 Å². The van der Waals surface area contributed by atoms with Crippen LogP contribution < -0.4 is 10.6 Å². The first-order chi connectivity index (χ1) is 13.0. The average molecular weight is 372 g/mol. The van der Waals surface area contributed by atoms with Gasteiger partial charge in [-0.05, 0) is 19.9 Å². The van der Waals surface area contributed by atoms with E-state index in [1.54, 1.807) is 27.7 Å². The fourth-order valence-electron chi connectivity index (χ4n) is 2.79. The molecule has 3 aromatic rings. The van der Waals surface area contributed by atoms with Crippen molar-refractivity contribution in [1.29, 1.82) is 0 Å². The number of carboxylic acid groups (broad SMARTS) is 1. The highest BCUT2D eigenvalue weighted by Gasteiger charge is 2.16. The first-order valence-electron chi connectivity index (χ1n) is 8.36. The summed E-state index contributed by atoms with van der Waals surface area (Å²) in [4.78, 5) is 21.8. The molecule has 0 bridgehead atoms. The van der Waals surface area contributed by atoms with Gasteiger partial charge < -0.3 is 20.5 Å². The molecule has 0 aliphatic heterocycles. The molecule has 10 nitrogen and oxygen atoms in total. The summed E-state index contributed by atoms with van der Waals surface area (Å²) in [5.74, 6) is -0.965. The summed E-state index contributed by atoms with van der Waals surface area (Å²) in [7, 11) is 0. The summed E-state index contributed by atoms with van der Waals surface area (Å²) in [6.45, 7) is 4.14. The highest BCUT2D eigenvalue weighted by Crippen LogP contribution is 2.33. The van der Waals surface area contributed by atoms with Crippen LogP contribution in [0.3, 0.4) is 0 Å². The number of hydrogen-bond acceptors (Lipinski definition) is 6. The number of hydrogen-bond donors (Lipinski definition) is 3. The summed E-state index contributed by atoms with van der Waals surface area (Å²) < 4.78 is 8.84. The SMILES string of the molecule is CCOC(C)n1cc(-c2c(NC=O)cnn3cc(NCC(=O)O)cc23)cn1. The van der Waals surface area contributed by atoms with E-state index >= 15 is 0 Å². The number of carbonyl (C=O) groups excluding carboxylic acids is 1. The molecule has 0 spiro atoms. The summed E-state index contributed by atoms with van der Waals surface area (Å²) in [6, 6.07) is 1.77. The van der Waals surface area contributed by atoms with E-state index in [1.165, 1.54) is 6.20 Å². The van der Waals surface area contributed by atoms with Crippen LogP contribution in [0.4, 0.5) is 11.4 Å². The summed E-state index contributed by atoms with van der Waals surface area (Å²) in [6.07, 6.45) is 7.06. The van der Waals surface area contributed by atoms with Gasteiger partial charge in [0.05, 0.1) is 35.5 Å². The lowest BCUT2D eigenvalue weighted by Crippen LogP contribution is -2.11. The summed E-state index contributed by atoms with van der Waals surface area (Å²) >= 11 is 0.